The fourth-order valence-electron chi connectivity index (χ4n) is 2.93. The minimum Gasteiger partial charge on any atom is -0.497 e. The van der Waals surface area contributed by atoms with E-state index in [1.165, 1.54) is 0 Å². The van der Waals surface area contributed by atoms with E-state index in [4.69, 9.17) is 21.1 Å². The van der Waals surface area contributed by atoms with E-state index in [1.54, 1.807) is 31.6 Å². The van der Waals surface area contributed by atoms with Gasteiger partial charge in [-0.05, 0) is 37.0 Å². The predicted octanol–water partition coefficient (Wildman–Crippen LogP) is 3.67. The molecular weight excluding hydrogens is 340 g/mol. The molecule has 1 aromatic carbocycles. The van der Waals surface area contributed by atoms with Crippen LogP contribution in [0.3, 0.4) is 0 Å². The molecule has 5 nitrogen and oxygen atoms in total. The maximum Gasteiger partial charge on any atom is 0.253 e. The Bertz CT molecular complexity index is 730. The molecule has 1 saturated heterocycles. The molecule has 1 fully saturated rings. The molecule has 1 aliphatic heterocycles. The zero-order chi connectivity index (χ0) is 17.6. The van der Waals surface area contributed by atoms with Gasteiger partial charge in [-0.3, -0.25) is 9.78 Å². The third-order valence-electron chi connectivity index (χ3n) is 4.43. The molecule has 25 heavy (non-hydrogen) atoms. The molecule has 0 atom stereocenters. The van der Waals surface area contributed by atoms with E-state index in [0.29, 0.717) is 34.6 Å². The topological polar surface area (TPSA) is 51.7 Å². The molecule has 1 aromatic heterocycles. The Morgan fingerprint density at radius 2 is 2.12 bits per heavy atom. The number of carbonyl (C=O) groups excluding carboxylic acids is 1. The van der Waals surface area contributed by atoms with Crippen LogP contribution >= 0.6 is 11.6 Å². The molecule has 0 aliphatic carbocycles. The zero-order valence-electron chi connectivity index (χ0n) is 14.2. The van der Waals surface area contributed by atoms with Gasteiger partial charge in [0.05, 0.1) is 13.7 Å². The number of piperidine rings is 1. The van der Waals surface area contributed by atoms with E-state index in [0.717, 1.165) is 25.9 Å². The van der Waals surface area contributed by atoms with Gasteiger partial charge in [0, 0.05) is 37.1 Å². The predicted molar refractivity (Wildman–Crippen MR) is 96.4 cm³/mol. The van der Waals surface area contributed by atoms with Gasteiger partial charge in [0.15, 0.2) is 0 Å². The lowest BCUT2D eigenvalue weighted by Crippen LogP contribution is -2.39. The second-order valence-corrected chi connectivity index (χ2v) is 6.49. The number of pyridine rings is 1. The van der Waals surface area contributed by atoms with Crippen molar-refractivity contribution in [2.24, 2.45) is 5.92 Å². The largest absolute Gasteiger partial charge is 0.497 e. The average Bonchev–Trinajstić information content (AvgIpc) is 2.67. The molecule has 0 spiro atoms. The van der Waals surface area contributed by atoms with Crippen LogP contribution in [0, 0.1) is 5.92 Å². The van der Waals surface area contributed by atoms with E-state index in [9.17, 15) is 4.79 Å². The third kappa shape index (κ3) is 4.42. The van der Waals surface area contributed by atoms with E-state index in [1.807, 2.05) is 23.1 Å². The highest BCUT2D eigenvalue weighted by molar-refractivity contribution is 6.31. The lowest BCUT2D eigenvalue weighted by atomic mass is 9.97. The Kier molecular flexibility index (Phi) is 5.76. The summed E-state index contributed by atoms with van der Waals surface area (Å²) in [5, 5.41) is 0.521. The summed E-state index contributed by atoms with van der Waals surface area (Å²) >= 11 is 6.05. The van der Waals surface area contributed by atoms with Gasteiger partial charge in [0.2, 0.25) is 0 Å². The third-order valence-corrected chi connectivity index (χ3v) is 4.71. The minimum atomic E-state index is 0.0513. The van der Waals surface area contributed by atoms with Crippen LogP contribution in [0.2, 0.25) is 5.02 Å². The summed E-state index contributed by atoms with van der Waals surface area (Å²) in [4.78, 5) is 18.5. The average molecular weight is 361 g/mol. The van der Waals surface area contributed by atoms with Crippen molar-refractivity contribution in [1.82, 2.24) is 9.88 Å². The van der Waals surface area contributed by atoms with E-state index >= 15 is 0 Å². The van der Waals surface area contributed by atoms with Gasteiger partial charge in [-0.2, -0.15) is 0 Å². The Balaban J connectivity index is 1.51. The molecule has 2 aromatic rings. The van der Waals surface area contributed by atoms with Gasteiger partial charge < -0.3 is 14.4 Å². The van der Waals surface area contributed by atoms with Crippen LogP contribution in [-0.2, 0) is 0 Å². The SMILES string of the molecule is COc1cccc(C(=O)N2CCC(COc3ccncc3Cl)CC2)c1. The lowest BCUT2D eigenvalue weighted by Gasteiger charge is -2.32. The zero-order valence-corrected chi connectivity index (χ0v) is 14.9. The Morgan fingerprint density at radius 3 is 2.84 bits per heavy atom. The van der Waals surface area contributed by atoms with E-state index in [-0.39, 0.29) is 5.91 Å². The summed E-state index contributed by atoms with van der Waals surface area (Å²) < 4.78 is 11.0. The van der Waals surface area contributed by atoms with Crippen LogP contribution in [0.25, 0.3) is 0 Å². The van der Waals surface area contributed by atoms with Crippen molar-refractivity contribution < 1.29 is 14.3 Å². The van der Waals surface area contributed by atoms with Gasteiger partial charge in [-0.15, -0.1) is 0 Å². The van der Waals surface area contributed by atoms with Crippen molar-refractivity contribution in [1.29, 1.82) is 0 Å². The number of nitrogens with zero attached hydrogens (tertiary/aromatic N) is 2. The highest BCUT2D eigenvalue weighted by Gasteiger charge is 2.24. The summed E-state index contributed by atoms with van der Waals surface area (Å²) in [5.74, 6) is 1.82. The highest BCUT2D eigenvalue weighted by atomic mass is 35.5. The van der Waals surface area contributed by atoms with Crippen molar-refractivity contribution in [2.45, 2.75) is 12.8 Å². The molecule has 2 heterocycles. The van der Waals surface area contributed by atoms with Crippen LogP contribution in [0.15, 0.2) is 42.7 Å². The number of benzene rings is 1. The summed E-state index contributed by atoms with van der Waals surface area (Å²) in [6.45, 7) is 2.06. The van der Waals surface area contributed by atoms with Gasteiger partial charge in [0.1, 0.15) is 16.5 Å². The molecule has 0 bridgehead atoms. The summed E-state index contributed by atoms with van der Waals surface area (Å²) in [5.41, 5.74) is 0.664. The number of carbonyl (C=O) groups is 1. The number of hydrogen-bond acceptors (Lipinski definition) is 4. The van der Waals surface area contributed by atoms with Crippen molar-refractivity contribution in [2.75, 3.05) is 26.8 Å². The standard InChI is InChI=1S/C19H21ClN2O3/c1-24-16-4-2-3-15(11-16)19(23)22-9-6-14(7-10-22)13-25-18-5-8-21-12-17(18)20/h2-5,8,11-12,14H,6-7,9-10,13H2,1H3. The molecule has 3 rings (SSSR count). The normalized spacial score (nSPS) is 15.0. The number of hydrogen-bond donors (Lipinski definition) is 0. The minimum absolute atomic E-state index is 0.0513. The van der Waals surface area contributed by atoms with Crippen LogP contribution in [0.1, 0.15) is 23.2 Å². The molecule has 0 radical (unpaired) electrons. The first kappa shape index (κ1) is 17.5. The number of ether oxygens (including phenoxy) is 2. The summed E-state index contributed by atoms with van der Waals surface area (Å²) in [7, 11) is 1.60. The molecule has 132 valence electrons. The van der Waals surface area contributed by atoms with Crippen molar-refractivity contribution in [3.63, 3.8) is 0 Å². The quantitative estimate of drug-likeness (QED) is 0.816. The number of rotatable bonds is 5. The van der Waals surface area contributed by atoms with E-state index < -0.39 is 0 Å². The first-order chi connectivity index (χ1) is 12.2. The second-order valence-electron chi connectivity index (χ2n) is 6.08. The van der Waals surface area contributed by atoms with Gasteiger partial charge in [-0.25, -0.2) is 0 Å². The smallest absolute Gasteiger partial charge is 0.253 e. The first-order valence-electron chi connectivity index (χ1n) is 8.33. The van der Waals surface area contributed by atoms with Crippen LogP contribution in [-0.4, -0.2) is 42.6 Å². The second kappa shape index (κ2) is 8.21. The van der Waals surface area contributed by atoms with Crippen LogP contribution in [0.5, 0.6) is 11.5 Å². The summed E-state index contributed by atoms with van der Waals surface area (Å²) in [6, 6.07) is 9.05. The Hall–Kier alpha value is -2.27. The number of methoxy groups -OCH3 is 1. The fraction of sp³-hybridized carbons (Fsp3) is 0.368. The molecule has 6 heteroatoms. The maximum atomic E-state index is 12.6. The number of amides is 1. The van der Waals surface area contributed by atoms with Crippen molar-refractivity contribution in [3.8, 4) is 11.5 Å². The lowest BCUT2D eigenvalue weighted by molar-refractivity contribution is 0.0660. The number of likely N-dealkylation sites (tertiary alicyclic amines) is 1. The number of aromatic nitrogens is 1. The van der Waals surface area contributed by atoms with Crippen LogP contribution < -0.4 is 9.47 Å². The molecule has 1 aliphatic rings. The maximum absolute atomic E-state index is 12.6. The fourth-order valence-corrected chi connectivity index (χ4v) is 3.10. The Morgan fingerprint density at radius 1 is 1.32 bits per heavy atom. The number of halogens is 1. The van der Waals surface area contributed by atoms with Gasteiger partial charge in [0.25, 0.3) is 5.91 Å². The molecule has 0 N–H and O–H groups in total. The van der Waals surface area contributed by atoms with Crippen molar-refractivity contribution in [3.05, 3.63) is 53.3 Å². The monoisotopic (exact) mass is 360 g/mol. The highest BCUT2D eigenvalue weighted by Crippen LogP contribution is 2.25. The van der Waals surface area contributed by atoms with Gasteiger partial charge >= 0.3 is 0 Å². The van der Waals surface area contributed by atoms with Gasteiger partial charge in [-0.1, -0.05) is 17.7 Å². The molecular formula is C19H21ClN2O3. The molecule has 0 saturated carbocycles. The first-order valence-corrected chi connectivity index (χ1v) is 8.71. The van der Waals surface area contributed by atoms with Crippen molar-refractivity contribution >= 4 is 17.5 Å². The Labute approximate surface area is 152 Å². The molecule has 1 amide bonds. The summed E-state index contributed by atoms with van der Waals surface area (Å²) in [6.07, 6.45) is 5.07. The molecule has 0 unspecified atom stereocenters. The van der Waals surface area contributed by atoms with Crippen LogP contribution in [0.4, 0.5) is 0 Å². The van der Waals surface area contributed by atoms with E-state index in [2.05, 4.69) is 4.98 Å².